The zero-order valence-electron chi connectivity index (χ0n) is 21.8. The molecule has 0 radical (unpaired) electrons. The second kappa shape index (κ2) is 10.2. The molecule has 37 heavy (non-hydrogen) atoms. The van der Waals surface area contributed by atoms with E-state index in [1.54, 1.807) is 0 Å². The summed E-state index contributed by atoms with van der Waals surface area (Å²) in [6.45, 7) is 7.55. The first kappa shape index (κ1) is 24.8. The van der Waals surface area contributed by atoms with Crippen molar-refractivity contribution in [3.8, 4) is 22.5 Å². The Hall–Kier alpha value is -3.92. The maximum Gasteiger partial charge on any atom is 0.307 e. The van der Waals surface area contributed by atoms with Gasteiger partial charge >= 0.3 is 5.97 Å². The van der Waals surface area contributed by atoms with Crippen molar-refractivity contribution in [1.29, 1.82) is 0 Å². The monoisotopic (exact) mass is 490 g/mol. The van der Waals surface area contributed by atoms with Crippen molar-refractivity contribution >= 4 is 11.5 Å². The van der Waals surface area contributed by atoms with Gasteiger partial charge in [0.15, 0.2) is 0 Å². The van der Waals surface area contributed by atoms with E-state index in [-0.39, 0.29) is 11.8 Å². The van der Waals surface area contributed by atoms with Gasteiger partial charge < -0.3 is 9.67 Å². The van der Waals surface area contributed by atoms with E-state index in [1.807, 2.05) is 24.3 Å². The third-order valence-corrected chi connectivity index (χ3v) is 7.38. The molecular weight excluding hydrogens is 456 g/mol. The van der Waals surface area contributed by atoms with Crippen LogP contribution in [0.3, 0.4) is 0 Å². The Bertz CT molecular complexity index is 1450. The summed E-state index contributed by atoms with van der Waals surface area (Å²) in [6.07, 6.45) is 17.6. The van der Waals surface area contributed by atoms with Crippen molar-refractivity contribution in [3.05, 3.63) is 108 Å². The molecule has 0 spiro atoms. The predicted octanol–water partition coefficient (Wildman–Crippen LogP) is 7.62. The van der Waals surface area contributed by atoms with Crippen LogP contribution in [0, 0.1) is 5.92 Å². The first-order valence-corrected chi connectivity index (χ1v) is 13.1. The number of aromatic nitrogens is 2. The number of allylic oxidation sites excluding steroid dienone is 8. The molecule has 5 rings (SSSR count). The Morgan fingerprint density at radius 2 is 1.92 bits per heavy atom. The van der Waals surface area contributed by atoms with Crippen molar-refractivity contribution in [1.82, 2.24) is 9.55 Å². The Kier molecular flexibility index (Phi) is 6.84. The van der Waals surface area contributed by atoms with Gasteiger partial charge in [-0.25, -0.2) is 4.98 Å². The van der Waals surface area contributed by atoms with Crippen LogP contribution in [-0.4, -0.2) is 20.6 Å². The van der Waals surface area contributed by atoms with E-state index < -0.39 is 5.97 Å². The number of nitrogens with zero attached hydrogens (tertiary/aromatic N) is 2. The predicted molar refractivity (Wildman–Crippen MR) is 151 cm³/mol. The standard InChI is InChI=1S/C33H34N2O2/c1-4-35-31(33(3)18-8-5-9-19-33)30(26-15-10-12-23(2)20-26)34-32(35)28-17-7-6-16-27(28)25-14-11-13-24(21-25)22-29(36)37/h5-11,13-18,20-21,23H,4,12,19,22H2,1-3H3,(H,36,37). The summed E-state index contributed by atoms with van der Waals surface area (Å²) in [7, 11) is 0. The van der Waals surface area contributed by atoms with Crippen molar-refractivity contribution in [3.63, 3.8) is 0 Å². The molecule has 1 heterocycles. The molecule has 0 saturated carbocycles. The number of rotatable bonds is 7. The molecule has 0 amide bonds. The summed E-state index contributed by atoms with van der Waals surface area (Å²) in [5, 5.41) is 9.32. The maximum atomic E-state index is 11.3. The highest BCUT2D eigenvalue weighted by Gasteiger charge is 2.34. The second-order valence-electron chi connectivity index (χ2n) is 10.3. The van der Waals surface area contributed by atoms with Crippen LogP contribution >= 0.6 is 0 Å². The minimum Gasteiger partial charge on any atom is -0.481 e. The molecule has 0 saturated heterocycles. The summed E-state index contributed by atoms with van der Waals surface area (Å²) in [5.74, 6) is 0.595. The smallest absolute Gasteiger partial charge is 0.307 e. The number of benzene rings is 2. The molecule has 2 aromatic carbocycles. The van der Waals surface area contributed by atoms with Gasteiger partial charge in [0, 0.05) is 17.5 Å². The lowest BCUT2D eigenvalue weighted by Crippen LogP contribution is -2.25. The molecule has 188 valence electrons. The number of imidazole rings is 1. The fraction of sp³-hybridized carbons (Fsp3) is 0.273. The minimum atomic E-state index is -0.827. The zero-order valence-corrected chi connectivity index (χ0v) is 21.8. The van der Waals surface area contributed by atoms with Crippen molar-refractivity contribution in [2.75, 3.05) is 0 Å². The lowest BCUT2D eigenvalue weighted by Gasteiger charge is -2.30. The van der Waals surface area contributed by atoms with Crippen LogP contribution in [0.4, 0.5) is 0 Å². The Morgan fingerprint density at radius 1 is 1.11 bits per heavy atom. The van der Waals surface area contributed by atoms with Crippen LogP contribution < -0.4 is 0 Å². The van der Waals surface area contributed by atoms with E-state index in [4.69, 9.17) is 4.98 Å². The summed E-state index contributed by atoms with van der Waals surface area (Å²) in [5.41, 5.74) is 7.21. The average Bonchev–Trinajstić information content (AvgIpc) is 3.30. The number of hydrogen-bond acceptors (Lipinski definition) is 2. The van der Waals surface area contributed by atoms with E-state index in [0.717, 1.165) is 53.2 Å². The molecule has 0 fully saturated rings. The fourth-order valence-corrected chi connectivity index (χ4v) is 5.60. The van der Waals surface area contributed by atoms with E-state index in [0.29, 0.717) is 5.92 Å². The van der Waals surface area contributed by atoms with Crippen LogP contribution in [0.15, 0.2) is 91.1 Å². The normalized spacial score (nSPS) is 20.7. The summed E-state index contributed by atoms with van der Waals surface area (Å²) in [4.78, 5) is 16.7. The first-order valence-electron chi connectivity index (χ1n) is 13.1. The number of carboxylic acids is 1. The molecule has 4 nitrogen and oxygen atoms in total. The summed E-state index contributed by atoms with van der Waals surface area (Å²) < 4.78 is 2.38. The summed E-state index contributed by atoms with van der Waals surface area (Å²) >= 11 is 0. The Balaban J connectivity index is 1.73. The van der Waals surface area contributed by atoms with Crippen LogP contribution in [0.2, 0.25) is 0 Å². The molecule has 3 aromatic rings. The topological polar surface area (TPSA) is 55.1 Å². The number of carboxylic acid groups (broad SMARTS) is 1. The van der Waals surface area contributed by atoms with E-state index in [2.05, 4.69) is 92.1 Å². The number of aliphatic carboxylic acids is 1. The van der Waals surface area contributed by atoms with Crippen molar-refractivity contribution in [2.45, 2.75) is 52.0 Å². The molecule has 1 aromatic heterocycles. The molecule has 1 N–H and O–H groups in total. The quantitative estimate of drug-likeness (QED) is 0.371. The Morgan fingerprint density at radius 3 is 2.62 bits per heavy atom. The molecule has 0 bridgehead atoms. The lowest BCUT2D eigenvalue weighted by molar-refractivity contribution is -0.136. The average molecular weight is 491 g/mol. The highest BCUT2D eigenvalue weighted by atomic mass is 16.4. The SMILES string of the molecule is CCn1c(-c2ccccc2-c2cccc(CC(=O)O)c2)nc(C2=CC(C)CC=C2)c1C1(C)C=CC=CC1. The molecular formula is C33H34N2O2. The maximum absolute atomic E-state index is 11.3. The summed E-state index contributed by atoms with van der Waals surface area (Å²) in [6, 6.07) is 16.2. The van der Waals surface area contributed by atoms with Crippen molar-refractivity contribution in [2.24, 2.45) is 5.92 Å². The van der Waals surface area contributed by atoms with Crippen LogP contribution in [0.25, 0.3) is 28.1 Å². The highest BCUT2D eigenvalue weighted by molar-refractivity contribution is 5.84. The van der Waals surface area contributed by atoms with Gasteiger partial charge in [-0.15, -0.1) is 0 Å². The third-order valence-electron chi connectivity index (χ3n) is 7.38. The lowest BCUT2D eigenvalue weighted by atomic mass is 9.78. The first-order chi connectivity index (χ1) is 17.9. The zero-order chi connectivity index (χ0) is 26.0. The number of hydrogen-bond donors (Lipinski definition) is 1. The number of carbonyl (C=O) groups is 1. The Labute approximate surface area is 219 Å². The van der Waals surface area contributed by atoms with Gasteiger partial charge in [0.1, 0.15) is 5.82 Å². The molecule has 2 aliphatic rings. The second-order valence-corrected chi connectivity index (χ2v) is 10.3. The molecule has 4 heteroatoms. The third kappa shape index (κ3) is 4.89. The fourth-order valence-electron chi connectivity index (χ4n) is 5.60. The molecule has 2 aliphatic carbocycles. The highest BCUT2D eigenvalue weighted by Crippen LogP contribution is 2.42. The minimum absolute atomic E-state index is 0.00473. The van der Waals surface area contributed by atoms with Crippen LogP contribution in [-0.2, 0) is 23.2 Å². The van der Waals surface area contributed by atoms with Crippen molar-refractivity contribution < 1.29 is 9.90 Å². The van der Waals surface area contributed by atoms with E-state index >= 15 is 0 Å². The molecule has 2 atom stereocenters. The molecule has 2 unspecified atom stereocenters. The van der Waals surface area contributed by atoms with Gasteiger partial charge in [0.05, 0.1) is 17.8 Å². The van der Waals surface area contributed by atoms with Gasteiger partial charge in [0.2, 0.25) is 0 Å². The van der Waals surface area contributed by atoms with Gasteiger partial charge in [0.25, 0.3) is 0 Å². The van der Waals surface area contributed by atoms with Gasteiger partial charge in [-0.05, 0) is 47.9 Å². The van der Waals surface area contributed by atoms with E-state index in [9.17, 15) is 9.90 Å². The molecule has 0 aliphatic heterocycles. The largest absolute Gasteiger partial charge is 0.481 e. The van der Waals surface area contributed by atoms with Crippen LogP contribution in [0.1, 0.15) is 50.6 Å². The van der Waals surface area contributed by atoms with Gasteiger partial charge in [-0.3, -0.25) is 4.79 Å². The van der Waals surface area contributed by atoms with E-state index in [1.165, 1.54) is 11.3 Å². The van der Waals surface area contributed by atoms with Gasteiger partial charge in [-0.1, -0.05) is 105 Å². The van der Waals surface area contributed by atoms with Gasteiger partial charge in [-0.2, -0.15) is 0 Å². The van der Waals surface area contributed by atoms with Crippen LogP contribution in [0.5, 0.6) is 0 Å².